The summed E-state index contributed by atoms with van der Waals surface area (Å²) in [4.78, 5) is 0. The lowest BCUT2D eigenvalue weighted by Gasteiger charge is -2.16. The fourth-order valence-electron chi connectivity index (χ4n) is 1.32. The van der Waals surface area contributed by atoms with E-state index < -0.39 is 6.10 Å². The van der Waals surface area contributed by atoms with Gasteiger partial charge in [0.2, 0.25) is 0 Å². The molecule has 0 bridgehead atoms. The molecule has 4 nitrogen and oxygen atoms in total. The summed E-state index contributed by atoms with van der Waals surface area (Å²) in [7, 11) is 1.52. The number of nitriles is 1. The molecule has 0 radical (unpaired) electrons. The zero-order chi connectivity index (χ0) is 12.8. The largest absolute Gasteiger partial charge is 0.493 e. The van der Waals surface area contributed by atoms with Gasteiger partial charge in [0.1, 0.15) is 6.07 Å². The average Bonchev–Trinajstić information content (AvgIpc) is 2.36. The van der Waals surface area contributed by atoms with Gasteiger partial charge < -0.3 is 14.6 Å². The van der Waals surface area contributed by atoms with E-state index in [0.717, 1.165) is 0 Å². The number of aliphatic hydroxyl groups is 1. The van der Waals surface area contributed by atoms with Crippen molar-refractivity contribution in [1.29, 1.82) is 5.26 Å². The third-order valence-corrected chi connectivity index (χ3v) is 2.84. The van der Waals surface area contributed by atoms with E-state index in [9.17, 15) is 0 Å². The normalized spacial score (nSPS) is 11.7. The van der Waals surface area contributed by atoms with Gasteiger partial charge >= 0.3 is 0 Å². The van der Waals surface area contributed by atoms with E-state index in [0.29, 0.717) is 28.0 Å². The number of hydrogen-bond acceptors (Lipinski definition) is 4. The summed E-state index contributed by atoms with van der Waals surface area (Å²) in [6.07, 6.45) is 0.0774. The molecule has 0 fully saturated rings. The van der Waals surface area contributed by atoms with Gasteiger partial charge in [0, 0.05) is 0 Å². The summed E-state index contributed by atoms with van der Waals surface area (Å²) in [5.41, 5.74) is 0.714. The second-order valence-electron chi connectivity index (χ2n) is 3.41. The third kappa shape index (κ3) is 3.35. The highest BCUT2D eigenvalue weighted by molar-refractivity contribution is 9.10. The van der Waals surface area contributed by atoms with Crippen molar-refractivity contribution in [3.8, 4) is 17.6 Å². The van der Waals surface area contributed by atoms with Crippen molar-refractivity contribution >= 4 is 15.9 Å². The standard InChI is InChI=1S/C12H14BrNO3/c1-3-9(6-14)17-12-10(13)4-8(7-15)5-11(12)16-2/h4-5,9,15H,3,7H2,1-2H3. The molecular formula is C12H14BrNO3. The highest BCUT2D eigenvalue weighted by Crippen LogP contribution is 2.37. The van der Waals surface area contributed by atoms with Crippen LogP contribution >= 0.6 is 15.9 Å². The lowest BCUT2D eigenvalue weighted by Crippen LogP contribution is -2.13. The van der Waals surface area contributed by atoms with Gasteiger partial charge in [-0.3, -0.25) is 0 Å². The van der Waals surface area contributed by atoms with Crippen molar-refractivity contribution in [2.45, 2.75) is 26.1 Å². The Bertz CT molecular complexity index is 428. The molecule has 1 N–H and O–H groups in total. The van der Waals surface area contributed by atoms with Crippen molar-refractivity contribution in [3.05, 3.63) is 22.2 Å². The Labute approximate surface area is 109 Å². The number of halogens is 1. The number of benzene rings is 1. The van der Waals surface area contributed by atoms with E-state index in [1.807, 2.05) is 6.92 Å². The van der Waals surface area contributed by atoms with Crippen LogP contribution in [0.3, 0.4) is 0 Å². The van der Waals surface area contributed by atoms with Crippen molar-refractivity contribution in [2.75, 3.05) is 7.11 Å². The third-order valence-electron chi connectivity index (χ3n) is 2.25. The van der Waals surface area contributed by atoms with Crippen molar-refractivity contribution in [2.24, 2.45) is 0 Å². The minimum Gasteiger partial charge on any atom is -0.493 e. The Balaban J connectivity index is 3.10. The summed E-state index contributed by atoms with van der Waals surface area (Å²) >= 11 is 3.34. The van der Waals surface area contributed by atoms with Crippen LogP contribution in [0.5, 0.6) is 11.5 Å². The molecule has 0 aromatic heterocycles. The summed E-state index contributed by atoms with van der Waals surface area (Å²) < 4.78 is 11.4. The molecule has 1 unspecified atom stereocenters. The lowest BCUT2D eigenvalue weighted by atomic mass is 10.2. The molecule has 1 aromatic rings. The summed E-state index contributed by atoms with van der Waals surface area (Å²) in [6, 6.07) is 5.48. The van der Waals surface area contributed by atoms with Crippen LogP contribution < -0.4 is 9.47 Å². The summed E-state index contributed by atoms with van der Waals surface area (Å²) in [5.74, 6) is 0.982. The molecule has 0 heterocycles. The Morgan fingerprint density at radius 3 is 2.71 bits per heavy atom. The van der Waals surface area contributed by atoms with Crippen LogP contribution in [0.25, 0.3) is 0 Å². The zero-order valence-corrected chi connectivity index (χ0v) is 11.3. The summed E-state index contributed by atoms with van der Waals surface area (Å²) in [6.45, 7) is 1.79. The highest BCUT2D eigenvalue weighted by atomic mass is 79.9. The SMILES string of the molecule is CCC(C#N)Oc1c(Br)cc(CO)cc1OC. The number of hydrogen-bond donors (Lipinski definition) is 1. The maximum atomic E-state index is 9.08. The van der Waals surface area contributed by atoms with Crippen LogP contribution in [0.4, 0.5) is 0 Å². The minimum absolute atomic E-state index is 0.0787. The molecule has 1 aromatic carbocycles. The highest BCUT2D eigenvalue weighted by Gasteiger charge is 2.15. The molecule has 0 aliphatic carbocycles. The van der Waals surface area contributed by atoms with Crippen LogP contribution in [-0.2, 0) is 6.61 Å². The number of methoxy groups -OCH3 is 1. The summed E-state index contributed by atoms with van der Waals surface area (Å²) in [5, 5.41) is 17.9. The zero-order valence-electron chi connectivity index (χ0n) is 9.74. The van der Waals surface area contributed by atoms with Gasteiger partial charge in [-0.2, -0.15) is 5.26 Å². The molecular weight excluding hydrogens is 286 g/mol. The van der Waals surface area contributed by atoms with E-state index in [-0.39, 0.29) is 6.61 Å². The van der Waals surface area contributed by atoms with Gasteiger partial charge in [-0.1, -0.05) is 6.92 Å². The fraction of sp³-hybridized carbons (Fsp3) is 0.417. The second-order valence-corrected chi connectivity index (χ2v) is 4.27. The van der Waals surface area contributed by atoms with Crippen LogP contribution in [0.15, 0.2) is 16.6 Å². The molecule has 0 saturated heterocycles. The molecule has 17 heavy (non-hydrogen) atoms. The number of aliphatic hydroxyl groups excluding tert-OH is 1. The Morgan fingerprint density at radius 1 is 1.53 bits per heavy atom. The predicted molar refractivity (Wildman–Crippen MR) is 66.9 cm³/mol. The molecule has 5 heteroatoms. The Hall–Kier alpha value is -1.25. The Kier molecular flexibility index (Phi) is 5.26. The molecule has 0 aliphatic rings. The van der Waals surface area contributed by atoms with Gasteiger partial charge in [-0.15, -0.1) is 0 Å². The molecule has 0 saturated carbocycles. The first kappa shape index (κ1) is 13.8. The molecule has 0 spiro atoms. The van der Waals surface area contributed by atoms with Crippen LogP contribution in [0, 0.1) is 11.3 Å². The first-order valence-corrected chi connectivity index (χ1v) is 5.99. The van der Waals surface area contributed by atoms with Gasteiger partial charge in [0.25, 0.3) is 0 Å². The van der Waals surface area contributed by atoms with E-state index in [1.165, 1.54) is 7.11 Å². The van der Waals surface area contributed by atoms with Crippen molar-refractivity contribution in [1.82, 2.24) is 0 Å². The smallest absolute Gasteiger partial charge is 0.184 e. The number of rotatable bonds is 5. The van der Waals surface area contributed by atoms with Crippen LogP contribution in [0.1, 0.15) is 18.9 Å². The second kappa shape index (κ2) is 6.48. The van der Waals surface area contributed by atoms with Gasteiger partial charge in [0.05, 0.1) is 18.2 Å². The van der Waals surface area contributed by atoms with Crippen LogP contribution in [0.2, 0.25) is 0 Å². The van der Waals surface area contributed by atoms with Gasteiger partial charge in [0.15, 0.2) is 17.6 Å². The fourth-order valence-corrected chi connectivity index (χ4v) is 1.91. The maximum Gasteiger partial charge on any atom is 0.184 e. The first-order chi connectivity index (χ1) is 8.15. The molecule has 1 atom stereocenters. The van der Waals surface area contributed by atoms with E-state index in [2.05, 4.69) is 22.0 Å². The van der Waals surface area contributed by atoms with Crippen molar-refractivity contribution in [3.63, 3.8) is 0 Å². The van der Waals surface area contributed by atoms with Gasteiger partial charge in [-0.05, 0) is 40.0 Å². The number of nitrogens with zero attached hydrogens (tertiary/aromatic N) is 1. The average molecular weight is 300 g/mol. The maximum absolute atomic E-state index is 9.08. The first-order valence-electron chi connectivity index (χ1n) is 5.19. The number of ether oxygens (including phenoxy) is 2. The lowest BCUT2D eigenvalue weighted by molar-refractivity contribution is 0.236. The van der Waals surface area contributed by atoms with E-state index >= 15 is 0 Å². The molecule has 0 aliphatic heterocycles. The van der Waals surface area contributed by atoms with Crippen molar-refractivity contribution < 1.29 is 14.6 Å². The quantitative estimate of drug-likeness (QED) is 0.908. The topological polar surface area (TPSA) is 62.5 Å². The predicted octanol–water partition coefficient (Wildman–Crippen LogP) is 2.63. The van der Waals surface area contributed by atoms with E-state index in [1.54, 1.807) is 12.1 Å². The van der Waals surface area contributed by atoms with E-state index in [4.69, 9.17) is 19.8 Å². The molecule has 1 rings (SSSR count). The Morgan fingerprint density at radius 2 is 2.24 bits per heavy atom. The van der Waals surface area contributed by atoms with Gasteiger partial charge in [-0.25, -0.2) is 0 Å². The van der Waals surface area contributed by atoms with Crippen LogP contribution in [-0.4, -0.2) is 18.3 Å². The molecule has 92 valence electrons. The monoisotopic (exact) mass is 299 g/mol. The molecule has 0 amide bonds. The minimum atomic E-state index is -0.514.